The summed E-state index contributed by atoms with van der Waals surface area (Å²) in [6, 6.07) is 0.326. The topological polar surface area (TPSA) is 73.5 Å². The monoisotopic (exact) mass is 306 g/mol. The quantitative estimate of drug-likeness (QED) is 0.710. The SMILES string of the molecule is CC(C)CNC(=O)NC(=O)CN1CC(C)NC(C)C1.Cl. The van der Waals surface area contributed by atoms with E-state index in [0.29, 0.717) is 24.5 Å². The first kappa shape index (κ1) is 19.1. The molecule has 1 saturated heterocycles. The van der Waals surface area contributed by atoms with E-state index in [9.17, 15) is 9.59 Å². The van der Waals surface area contributed by atoms with Gasteiger partial charge in [0.1, 0.15) is 0 Å². The molecule has 1 fully saturated rings. The molecule has 0 aromatic carbocycles. The minimum absolute atomic E-state index is 0. The van der Waals surface area contributed by atoms with Crippen molar-refractivity contribution in [2.75, 3.05) is 26.2 Å². The second-order valence-electron chi connectivity index (χ2n) is 5.81. The summed E-state index contributed by atoms with van der Waals surface area (Å²) in [5.74, 6) is 0.123. The number of amides is 3. The lowest BCUT2D eigenvalue weighted by Gasteiger charge is -2.35. The van der Waals surface area contributed by atoms with E-state index in [2.05, 4.69) is 34.7 Å². The zero-order valence-electron chi connectivity index (χ0n) is 12.7. The predicted octanol–water partition coefficient (Wildman–Crippen LogP) is 0.572. The summed E-state index contributed by atoms with van der Waals surface area (Å²) in [6.45, 7) is 10.7. The molecule has 0 spiro atoms. The number of rotatable bonds is 4. The molecule has 1 aliphatic rings. The Morgan fingerprint density at radius 1 is 1.25 bits per heavy atom. The van der Waals surface area contributed by atoms with Gasteiger partial charge >= 0.3 is 6.03 Å². The van der Waals surface area contributed by atoms with Gasteiger partial charge in [-0.3, -0.25) is 15.0 Å². The summed E-state index contributed by atoms with van der Waals surface area (Å²) in [7, 11) is 0. The number of nitrogens with zero attached hydrogens (tertiary/aromatic N) is 1. The van der Waals surface area contributed by atoms with Gasteiger partial charge in [0.05, 0.1) is 6.54 Å². The predicted molar refractivity (Wildman–Crippen MR) is 82.1 cm³/mol. The summed E-state index contributed by atoms with van der Waals surface area (Å²) in [5.41, 5.74) is 0. The van der Waals surface area contributed by atoms with Crippen LogP contribution in [0, 0.1) is 5.92 Å². The Morgan fingerprint density at radius 2 is 1.80 bits per heavy atom. The fraction of sp³-hybridized carbons (Fsp3) is 0.846. The van der Waals surface area contributed by atoms with Crippen LogP contribution in [-0.2, 0) is 4.79 Å². The number of carbonyl (C=O) groups excluding carboxylic acids is 2. The van der Waals surface area contributed by atoms with E-state index in [1.54, 1.807) is 0 Å². The van der Waals surface area contributed by atoms with Crippen molar-refractivity contribution in [3.8, 4) is 0 Å². The van der Waals surface area contributed by atoms with E-state index in [4.69, 9.17) is 0 Å². The first-order valence-corrected chi connectivity index (χ1v) is 6.93. The highest BCUT2D eigenvalue weighted by Crippen LogP contribution is 2.03. The van der Waals surface area contributed by atoms with E-state index in [1.807, 2.05) is 13.8 Å². The van der Waals surface area contributed by atoms with Gasteiger partial charge in [-0.15, -0.1) is 12.4 Å². The molecule has 2 atom stereocenters. The number of halogens is 1. The number of hydrogen-bond acceptors (Lipinski definition) is 4. The van der Waals surface area contributed by atoms with Gasteiger partial charge in [-0.25, -0.2) is 4.79 Å². The highest BCUT2D eigenvalue weighted by Gasteiger charge is 2.22. The summed E-state index contributed by atoms with van der Waals surface area (Å²) < 4.78 is 0. The lowest BCUT2D eigenvalue weighted by Crippen LogP contribution is -2.56. The third-order valence-electron chi connectivity index (χ3n) is 2.92. The van der Waals surface area contributed by atoms with Crippen molar-refractivity contribution in [3.05, 3.63) is 0 Å². The molecule has 0 saturated carbocycles. The van der Waals surface area contributed by atoms with Gasteiger partial charge in [0.15, 0.2) is 0 Å². The van der Waals surface area contributed by atoms with Crippen LogP contribution in [0.3, 0.4) is 0 Å². The maximum absolute atomic E-state index is 11.7. The third-order valence-corrected chi connectivity index (χ3v) is 2.92. The molecule has 0 bridgehead atoms. The van der Waals surface area contributed by atoms with Crippen LogP contribution in [0.25, 0.3) is 0 Å². The van der Waals surface area contributed by atoms with E-state index in [-0.39, 0.29) is 24.9 Å². The molecule has 20 heavy (non-hydrogen) atoms. The fourth-order valence-electron chi connectivity index (χ4n) is 2.28. The van der Waals surface area contributed by atoms with Crippen LogP contribution >= 0.6 is 12.4 Å². The second-order valence-corrected chi connectivity index (χ2v) is 5.81. The second kappa shape index (κ2) is 9.15. The van der Waals surface area contributed by atoms with Gasteiger partial charge in [0.2, 0.25) is 5.91 Å². The molecule has 118 valence electrons. The Hall–Kier alpha value is -0.850. The normalized spacial score (nSPS) is 23.1. The van der Waals surface area contributed by atoms with E-state index in [0.717, 1.165) is 13.1 Å². The van der Waals surface area contributed by atoms with E-state index >= 15 is 0 Å². The molecular formula is C13H27ClN4O2. The van der Waals surface area contributed by atoms with Crippen molar-refractivity contribution >= 4 is 24.3 Å². The fourth-order valence-corrected chi connectivity index (χ4v) is 2.28. The Bertz CT molecular complexity index is 315. The highest BCUT2D eigenvalue weighted by molar-refractivity contribution is 5.95. The number of urea groups is 1. The molecule has 0 aromatic rings. The number of piperazine rings is 1. The lowest BCUT2D eigenvalue weighted by atomic mass is 10.1. The van der Waals surface area contributed by atoms with Gasteiger partial charge < -0.3 is 10.6 Å². The first-order chi connectivity index (χ1) is 8.86. The smallest absolute Gasteiger partial charge is 0.321 e. The standard InChI is InChI=1S/C13H26N4O2.ClH/c1-9(2)5-14-13(19)16-12(18)8-17-6-10(3)15-11(4)7-17;/h9-11,15H,5-8H2,1-4H3,(H2,14,16,18,19);1H. The third kappa shape index (κ3) is 7.67. The van der Waals surface area contributed by atoms with Crippen molar-refractivity contribution in [2.24, 2.45) is 5.92 Å². The van der Waals surface area contributed by atoms with Crippen LogP contribution in [0.15, 0.2) is 0 Å². The van der Waals surface area contributed by atoms with Crippen LogP contribution in [0.5, 0.6) is 0 Å². The largest absolute Gasteiger partial charge is 0.338 e. The maximum atomic E-state index is 11.7. The molecule has 0 aromatic heterocycles. The van der Waals surface area contributed by atoms with Gasteiger partial charge in [0.25, 0.3) is 0 Å². The average molecular weight is 307 g/mol. The minimum Gasteiger partial charge on any atom is -0.338 e. The molecule has 0 radical (unpaired) electrons. The van der Waals surface area contributed by atoms with Gasteiger partial charge in [-0.1, -0.05) is 13.8 Å². The molecule has 7 heteroatoms. The van der Waals surface area contributed by atoms with Crippen molar-refractivity contribution in [1.29, 1.82) is 0 Å². The molecule has 0 aliphatic carbocycles. The summed E-state index contributed by atoms with van der Waals surface area (Å²) >= 11 is 0. The zero-order valence-corrected chi connectivity index (χ0v) is 13.5. The Morgan fingerprint density at radius 3 is 2.30 bits per heavy atom. The molecule has 1 aliphatic heterocycles. The van der Waals surface area contributed by atoms with Crippen molar-refractivity contribution in [2.45, 2.75) is 39.8 Å². The molecule has 6 nitrogen and oxygen atoms in total. The average Bonchev–Trinajstić information content (AvgIpc) is 2.24. The van der Waals surface area contributed by atoms with Crippen molar-refractivity contribution < 1.29 is 9.59 Å². The van der Waals surface area contributed by atoms with Gasteiger partial charge in [-0.05, 0) is 19.8 Å². The molecule has 3 N–H and O–H groups in total. The summed E-state index contributed by atoms with van der Waals surface area (Å²) in [6.07, 6.45) is 0. The lowest BCUT2D eigenvalue weighted by molar-refractivity contribution is -0.121. The molecular weight excluding hydrogens is 280 g/mol. The Labute approximate surface area is 127 Å². The first-order valence-electron chi connectivity index (χ1n) is 6.93. The maximum Gasteiger partial charge on any atom is 0.321 e. The van der Waals surface area contributed by atoms with Crippen molar-refractivity contribution in [1.82, 2.24) is 20.9 Å². The number of imide groups is 1. The summed E-state index contributed by atoms with van der Waals surface area (Å²) in [4.78, 5) is 25.3. The molecule has 3 amide bonds. The number of hydrogen-bond donors (Lipinski definition) is 3. The molecule has 1 heterocycles. The van der Waals surface area contributed by atoms with Crippen LogP contribution in [-0.4, -0.2) is 55.1 Å². The number of carbonyl (C=O) groups is 2. The highest BCUT2D eigenvalue weighted by atomic mass is 35.5. The van der Waals surface area contributed by atoms with Gasteiger partial charge in [-0.2, -0.15) is 0 Å². The Kier molecular flexibility index (Phi) is 8.76. The molecule has 2 unspecified atom stereocenters. The zero-order chi connectivity index (χ0) is 14.4. The van der Waals surface area contributed by atoms with Gasteiger partial charge in [0, 0.05) is 31.7 Å². The van der Waals surface area contributed by atoms with Crippen LogP contribution in [0.4, 0.5) is 4.79 Å². The minimum atomic E-state index is -0.407. The van der Waals surface area contributed by atoms with Crippen LogP contribution in [0.1, 0.15) is 27.7 Å². The molecule has 1 rings (SSSR count). The number of nitrogens with one attached hydrogen (secondary N) is 3. The van der Waals surface area contributed by atoms with Crippen LogP contribution in [0.2, 0.25) is 0 Å². The van der Waals surface area contributed by atoms with Crippen LogP contribution < -0.4 is 16.0 Å². The van der Waals surface area contributed by atoms with Crippen molar-refractivity contribution in [3.63, 3.8) is 0 Å². The van der Waals surface area contributed by atoms with E-state index < -0.39 is 6.03 Å². The summed E-state index contributed by atoms with van der Waals surface area (Å²) in [5, 5.41) is 8.43. The Balaban J connectivity index is 0.00000361. The van der Waals surface area contributed by atoms with E-state index in [1.165, 1.54) is 0 Å².